The Hall–Kier alpha value is -1.75. The Morgan fingerprint density at radius 3 is 2.63 bits per heavy atom. The highest BCUT2D eigenvalue weighted by Gasteiger charge is 2.22. The molecule has 5 heteroatoms. The molecule has 0 aromatic heterocycles. The maximum absolute atomic E-state index is 12.1. The van der Waals surface area contributed by atoms with Crippen LogP contribution < -0.4 is 11.1 Å². The minimum Gasteiger partial charge on any atom is -0.504 e. The van der Waals surface area contributed by atoms with E-state index in [-0.39, 0.29) is 29.5 Å². The number of benzene rings is 1. The summed E-state index contributed by atoms with van der Waals surface area (Å²) in [4.78, 5) is 12.1. The average Bonchev–Trinajstić information content (AvgIpc) is 2.58. The van der Waals surface area contributed by atoms with Gasteiger partial charge in [-0.05, 0) is 31.0 Å². The third-order valence-corrected chi connectivity index (χ3v) is 3.62. The van der Waals surface area contributed by atoms with Crippen molar-refractivity contribution in [3.8, 4) is 11.5 Å². The van der Waals surface area contributed by atoms with Crippen molar-refractivity contribution in [2.45, 2.75) is 44.2 Å². The number of amides is 1. The molecule has 104 valence electrons. The maximum Gasteiger partial charge on any atom is 0.251 e. The van der Waals surface area contributed by atoms with Crippen LogP contribution in [-0.4, -0.2) is 28.2 Å². The summed E-state index contributed by atoms with van der Waals surface area (Å²) >= 11 is 0. The van der Waals surface area contributed by atoms with Gasteiger partial charge in [-0.15, -0.1) is 0 Å². The first-order valence-electron chi connectivity index (χ1n) is 6.66. The fraction of sp³-hybridized carbons (Fsp3) is 0.500. The summed E-state index contributed by atoms with van der Waals surface area (Å²) < 4.78 is 0. The van der Waals surface area contributed by atoms with Crippen LogP contribution in [0, 0.1) is 0 Å². The Morgan fingerprint density at radius 2 is 1.89 bits per heavy atom. The molecule has 2 unspecified atom stereocenters. The molecule has 2 rings (SSSR count). The van der Waals surface area contributed by atoms with Gasteiger partial charge in [-0.3, -0.25) is 4.79 Å². The van der Waals surface area contributed by atoms with Crippen molar-refractivity contribution in [2.75, 3.05) is 0 Å². The zero-order valence-corrected chi connectivity index (χ0v) is 10.8. The van der Waals surface area contributed by atoms with E-state index in [9.17, 15) is 15.0 Å². The average molecular weight is 264 g/mol. The van der Waals surface area contributed by atoms with Crippen LogP contribution in [-0.2, 0) is 0 Å². The zero-order valence-electron chi connectivity index (χ0n) is 10.8. The quantitative estimate of drug-likeness (QED) is 0.480. The highest BCUT2D eigenvalue weighted by Crippen LogP contribution is 2.25. The van der Waals surface area contributed by atoms with Gasteiger partial charge in [-0.1, -0.05) is 19.3 Å². The summed E-state index contributed by atoms with van der Waals surface area (Å²) in [7, 11) is 0. The number of rotatable bonds is 2. The van der Waals surface area contributed by atoms with E-state index in [1.54, 1.807) is 0 Å². The van der Waals surface area contributed by atoms with Crippen molar-refractivity contribution in [3.63, 3.8) is 0 Å². The second-order valence-corrected chi connectivity index (χ2v) is 5.09. The van der Waals surface area contributed by atoms with Crippen LogP contribution in [0.25, 0.3) is 0 Å². The van der Waals surface area contributed by atoms with Gasteiger partial charge in [-0.25, -0.2) is 0 Å². The van der Waals surface area contributed by atoms with Crippen molar-refractivity contribution in [3.05, 3.63) is 23.8 Å². The van der Waals surface area contributed by atoms with E-state index in [0.717, 1.165) is 32.1 Å². The number of nitrogens with one attached hydrogen (secondary N) is 1. The van der Waals surface area contributed by atoms with Crippen LogP contribution in [0.2, 0.25) is 0 Å². The predicted molar refractivity (Wildman–Crippen MR) is 72.1 cm³/mol. The minimum atomic E-state index is -0.294. The molecule has 5 nitrogen and oxygen atoms in total. The summed E-state index contributed by atoms with van der Waals surface area (Å²) in [6.07, 6.45) is 5.13. The molecule has 0 heterocycles. The lowest BCUT2D eigenvalue weighted by Crippen LogP contribution is -2.46. The van der Waals surface area contributed by atoms with Gasteiger partial charge < -0.3 is 21.3 Å². The Kier molecular flexibility index (Phi) is 4.27. The zero-order chi connectivity index (χ0) is 13.8. The second-order valence-electron chi connectivity index (χ2n) is 5.09. The number of hydrogen-bond acceptors (Lipinski definition) is 4. The number of carbonyl (C=O) groups is 1. The van der Waals surface area contributed by atoms with Gasteiger partial charge in [0, 0.05) is 17.6 Å². The fourth-order valence-electron chi connectivity index (χ4n) is 2.43. The summed E-state index contributed by atoms with van der Waals surface area (Å²) in [6, 6.07) is 4.00. The van der Waals surface area contributed by atoms with E-state index in [2.05, 4.69) is 5.32 Å². The van der Waals surface area contributed by atoms with Crippen molar-refractivity contribution in [1.82, 2.24) is 5.32 Å². The topological polar surface area (TPSA) is 95.6 Å². The molecule has 1 amide bonds. The van der Waals surface area contributed by atoms with Gasteiger partial charge in [0.25, 0.3) is 5.91 Å². The van der Waals surface area contributed by atoms with Crippen LogP contribution in [0.15, 0.2) is 18.2 Å². The lowest BCUT2D eigenvalue weighted by Gasteiger charge is -2.22. The van der Waals surface area contributed by atoms with Gasteiger partial charge in [0.05, 0.1) is 0 Å². The largest absolute Gasteiger partial charge is 0.504 e. The third-order valence-electron chi connectivity index (χ3n) is 3.62. The van der Waals surface area contributed by atoms with Gasteiger partial charge in [0.15, 0.2) is 11.5 Å². The normalized spacial score (nSPS) is 23.6. The Morgan fingerprint density at radius 1 is 1.16 bits per heavy atom. The highest BCUT2D eigenvalue weighted by molar-refractivity contribution is 5.95. The first kappa shape index (κ1) is 13.7. The molecule has 1 fully saturated rings. The van der Waals surface area contributed by atoms with E-state index in [1.165, 1.54) is 18.2 Å². The lowest BCUT2D eigenvalue weighted by atomic mass is 10.0. The smallest absolute Gasteiger partial charge is 0.251 e. The highest BCUT2D eigenvalue weighted by atomic mass is 16.3. The summed E-state index contributed by atoms with van der Waals surface area (Å²) in [6.45, 7) is 0. The molecule has 1 aromatic rings. The molecular weight excluding hydrogens is 244 g/mol. The third kappa shape index (κ3) is 3.38. The Bertz CT molecular complexity index is 462. The number of phenols is 2. The standard InChI is InChI=1S/C14H20N2O3/c15-10-4-2-1-3-5-11(10)16-14(19)9-6-7-12(17)13(18)8-9/h6-8,10-11,17-18H,1-5,15H2,(H,16,19). The number of phenolic OH excluding ortho intramolecular Hbond substituents is 2. The van der Waals surface area contributed by atoms with Gasteiger partial charge in [0.1, 0.15) is 0 Å². The summed E-state index contributed by atoms with van der Waals surface area (Å²) in [5.41, 5.74) is 6.38. The molecule has 5 N–H and O–H groups in total. The maximum atomic E-state index is 12.1. The van der Waals surface area contributed by atoms with Crippen LogP contribution in [0.1, 0.15) is 42.5 Å². The molecule has 2 atom stereocenters. The SMILES string of the molecule is NC1CCCCCC1NC(=O)c1ccc(O)c(O)c1. The van der Waals surface area contributed by atoms with Crippen molar-refractivity contribution in [2.24, 2.45) is 5.73 Å². The van der Waals surface area contributed by atoms with Gasteiger partial charge in [0.2, 0.25) is 0 Å². The van der Waals surface area contributed by atoms with Crippen LogP contribution in [0.5, 0.6) is 11.5 Å². The molecule has 1 aromatic carbocycles. The Labute approximate surface area is 112 Å². The molecule has 1 saturated carbocycles. The van der Waals surface area contributed by atoms with Crippen molar-refractivity contribution >= 4 is 5.91 Å². The number of nitrogens with two attached hydrogens (primary N) is 1. The monoisotopic (exact) mass is 264 g/mol. The van der Waals surface area contributed by atoms with Gasteiger partial charge >= 0.3 is 0 Å². The second kappa shape index (κ2) is 5.93. The Balaban J connectivity index is 2.05. The number of hydrogen-bond donors (Lipinski definition) is 4. The van der Waals surface area contributed by atoms with Crippen molar-refractivity contribution < 1.29 is 15.0 Å². The van der Waals surface area contributed by atoms with E-state index in [0.29, 0.717) is 5.56 Å². The van der Waals surface area contributed by atoms with Crippen molar-refractivity contribution in [1.29, 1.82) is 0 Å². The first-order valence-corrected chi connectivity index (χ1v) is 6.66. The molecule has 0 spiro atoms. The summed E-state index contributed by atoms with van der Waals surface area (Å²) in [5.74, 6) is -0.793. The van der Waals surface area contributed by atoms with E-state index in [1.807, 2.05) is 0 Å². The molecule has 0 bridgehead atoms. The van der Waals surface area contributed by atoms with E-state index >= 15 is 0 Å². The van der Waals surface area contributed by atoms with E-state index in [4.69, 9.17) is 5.73 Å². The molecule has 1 aliphatic carbocycles. The molecule has 0 aliphatic heterocycles. The number of carbonyl (C=O) groups excluding carboxylic acids is 1. The molecule has 0 radical (unpaired) electrons. The molecule has 0 saturated heterocycles. The first-order chi connectivity index (χ1) is 9.08. The van der Waals surface area contributed by atoms with Crippen LogP contribution >= 0.6 is 0 Å². The summed E-state index contributed by atoms with van der Waals surface area (Å²) in [5, 5.41) is 21.5. The molecule has 19 heavy (non-hydrogen) atoms. The fourth-order valence-corrected chi connectivity index (χ4v) is 2.43. The van der Waals surface area contributed by atoms with Gasteiger partial charge in [-0.2, -0.15) is 0 Å². The lowest BCUT2D eigenvalue weighted by molar-refractivity contribution is 0.0928. The number of aromatic hydroxyl groups is 2. The molecule has 1 aliphatic rings. The predicted octanol–water partition coefficient (Wildman–Crippen LogP) is 1.49. The minimum absolute atomic E-state index is 0.0165. The molecular formula is C14H20N2O3. The van der Waals surface area contributed by atoms with Crippen LogP contribution in [0.3, 0.4) is 0 Å². The van der Waals surface area contributed by atoms with Crippen LogP contribution in [0.4, 0.5) is 0 Å². The van der Waals surface area contributed by atoms with E-state index < -0.39 is 0 Å².